The molecule has 0 aromatic carbocycles. The summed E-state index contributed by atoms with van der Waals surface area (Å²) in [6, 6.07) is 0. The predicted octanol–water partition coefficient (Wildman–Crippen LogP) is 0.915. The van der Waals surface area contributed by atoms with Crippen LogP contribution >= 0.6 is 11.3 Å². The number of nitrogens with zero attached hydrogens (tertiary/aromatic N) is 2. The van der Waals surface area contributed by atoms with Crippen molar-refractivity contribution in [2.75, 3.05) is 31.2 Å². The van der Waals surface area contributed by atoms with Gasteiger partial charge in [0.2, 0.25) is 0 Å². The van der Waals surface area contributed by atoms with Crippen LogP contribution < -0.4 is 4.90 Å². The van der Waals surface area contributed by atoms with E-state index in [1.54, 1.807) is 11.3 Å². The zero-order valence-electron chi connectivity index (χ0n) is 9.10. The summed E-state index contributed by atoms with van der Waals surface area (Å²) < 4.78 is 5.26. The quantitative estimate of drug-likeness (QED) is 0.853. The maximum atomic E-state index is 10.6. The van der Waals surface area contributed by atoms with Crippen LogP contribution in [0.25, 0.3) is 0 Å². The molecule has 0 spiro atoms. The maximum Gasteiger partial charge on any atom is 0.309 e. The smallest absolute Gasteiger partial charge is 0.309 e. The third-order valence-corrected chi connectivity index (χ3v) is 3.56. The van der Waals surface area contributed by atoms with Gasteiger partial charge in [-0.25, -0.2) is 4.98 Å². The number of aliphatic carboxylic acids is 1. The number of rotatable bonds is 3. The van der Waals surface area contributed by atoms with E-state index in [0.29, 0.717) is 18.9 Å². The van der Waals surface area contributed by atoms with Crippen LogP contribution in [-0.2, 0) is 16.0 Å². The van der Waals surface area contributed by atoms with Gasteiger partial charge in [0.25, 0.3) is 0 Å². The first-order chi connectivity index (χ1) is 7.66. The Morgan fingerprint density at radius 1 is 1.56 bits per heavy atom. The van der Waals surface area contributed by atoms with Crippen LogP contribution in [0.1, 0.15) is 10.6 Å². The Labute approximate surface area is 97.7 Å². The molecule has 1 fully saturated rings. The van der Waals surface area contributed by atoms with Crippen LogP contribution in [0.15, 0.2) is 0 Å². The van der Waals surface area contributed by atoms with Gasteiger partial charge in [0.1, 0.15) is 0 Å². The van der Waals surface area contributed by atoms with Crippen molar-refractivity contribution in [1.82, 2.24) is 4.98 Å². The van der Waals surface area contributed by atoms with Crippen molar-refractivity contribution in [2.45, 2.75) is 13.3 Å². The number of aryl methyl sites for hydroxylation is 1. The number of anilines is 1. The number of aromatic nitrogens is 1. The van der Waals surface area contributed by atoms with Gasteiger partial charge in [-0.1, -0.05) is 0 Å². The topological polar surface area (TPSA) is 62.7 Å². The Morgan fingerprint density at radius 2 is 2.25 bits per heavy atom. The molecule has 88 valence electrons. The van der Waals surface area contributed by atoms with E-state index in [1.165, 1.54) is 0 Å². The lowest BCUT2D eigenvalue weighted by Crippen LogP contribution is -2.36. The van der Waals surface area contributed by atoms with Crippen molar-refractivity contribution in [1.29, 1.82) is 0 Å². The fourth-order valence-corrected chi connectivity index (χ4v) is 2.59. The molecule has 0 amide bonds. The fraction of sp³-hybridized carbons (Fsp3) is 0.600. The van der Waals surface area contributed by atoms with Crippen LogP contribution in [-0.4, -0.2) is 42.4 Å². The van der Waals surface area contributed by atoms with E-state index in [0.717, 1.165) is 23.1 Å². The van der Waals surface area contributed by atoms with Gasteiger partial charge in [0.15, 0.2) is 5.13 Å². The molecule has 1 saturated heterocycles. The number of hydrogen-bond donors (Lipinski definition) is 1. The van der Waals surface area contributed by atoms with Gasteiger partial charge in [-0.15, -0.1) is 11.3 Å². The lowest BCUT2D eigenvalue weighted by Gasteiger charge is -2.26. The Hall–Kier alpha value is -1.14. The molecule has 1 aromatic heterocycles. The Bertz CT molecular complexity index is 385. The van der Waals surface area contributed by atoms with Gasteiger partial charge in [-0.2, -0.15) is 0 Å². The highest BCUT2D eigenvalue weighted by Crippen LogP contribution is 2.26. The lowest BCUT2D eigenvalue weighted by atomic mass is 10.3. The average Bonchev–Trinajstić information content (AvgIpc) is 2.61. The van der Waals surface area contributed by atoms with Gasteiger partial charge in [-0.05, 0) is 6.92 Å². The molecular formula is C10H14N2O3S. The van der Waals surface area contributed by atoms with E-state index in [1.807, 2.05) is 6.92 Å². The summed E-state index contributed by atoms with van der Waals surface area (Å²) in [4.78, 5) is 18.2. The van der Waals surface area contributed by atoms with Gasteiger partial charge in [-0.3, -0.25) is 4.79 Å². The molecule has 2 rings (SSSR count). The van der Waals surface area contributed by atoms with Crippen molar-refractivity contribution in [3.05, 3.63) is 10.6 Å². The van der Waals surface area contributed by atoms with E-state index in [-0.39, 0.29) is 6.42 Å². The van der Waals surface area contributed by atoms with Crippen molar-refractivity contribution in [2.24, 2.45) is 0 Å². The molecule has 0 bridgehead atoms. The highest BCUT2D eigenvalue weighted by atomic mass is 32.1. The lowest BCUT2D eigenvalue weighted by molar-refractivity contribution is -0.136. The zero-order valence-corrected chi connectivity index (χ0v) is 9.92. The molecule has 6 heteroatoms. The highest BCUT2D eigenvalue weighted by Gasteiger charge is 2.17. The summed E-state index contributed by atoms with van der Waals surface area (Å²) in [6.07, 6.45) is 0.00662. The molecule has 0 aliphatic carbocycles. The van der Waals surface area contributed by atoms with Crippen LogP contribution in [0.5, 0.6) is 0 Å². The van der Waals surface area contributed by atoms with Crippen LogP contribution in [0.3, 0.4) is 0 Å². The zero-order chi connectivity index (χ0) is 11.5. The largest absolute Gasteiger partial charge is 0.481 e. The van der Waals surface area contributed by atoms with Gasteiger partial charge < -0.3 is 14.7 Å². The van der Waals surface area contributed by atoms with Crippen LogP contribution in [0.2, 0.25) is 0 Å². The van der Waals surface area contributed by atoms with E-state index in [2.05, 4.69) is 9.88 Å². The van der Waals surface area contributed by atoms with Crippen molar-refractivity contribution < 1.29 is 14.6 Å². The second-order valence-electron chi connectivity index (χ2n) is 3.67. The normalized spacial score (nSPS) is 16.4. The van der Waals surface area contributed by atoms with E-state index >= 15 is 0 Å². The summed E-state index contributed by atoms with van der Waals surface area (Å²) in [5.41, 5.74) is 0.680. The fourth-order valence-electron chi connectivity index (χ4n) is 1.61. The Kier molecular flexibility index (Phi) is 3.40. The second kappa shape index (κ2) is 4.80. The van der Waals surface area contributed by atoms with Crippen molar-refractivity contribution in [3.8, 4) is 0 Å². The molecule has 0 saturated carbocycles. The first-order valence-corrected chi connectivity index (χ1v) is 5.99. The standard InChI is InChI=1S/C10H14N2O3S/c1-7-8(6-9(13)14)11-10(16-7)12-2-4-15-5-3-12/h2-6H2,1H3,(H,13,14). The number of thiazole rings is 1. The number of carboxylic acids is 1. The minimum atomic E-state index is -0.832. The summed E-state index contributed by atoms with van der Waals surface area (Å²) in [7, 11) is 0. The molecule has 1 aromatic rings. The molecule has 5 nitrogen and oxygen atoms in total. The molecular weight excluding hydrogens is 228 g/mol. The van der Waals surface area contributed by atoms with Crippen molar-refractivity contribution in [3.63, 3.8) is 0 Å². The first-order valence-electron chi connectivity index (χ1n) is 5.17. The molecule has 1 aliphatic heterocycles. The number of morpholine rings is 1. The van der Waals surface area contributed by atoms with E-state index in [4.69, 9.17) is 9.84 Å². The summed E-state index contributed by atoms with van der Waals surface area (Å²) in [5, 5.41) is 9.66. The molecule has 0 atom stereocenters. The SMILES string of the molecule is Cc1sc(N2CCOCC2)nc1CC(=O)O. The highest BCUT2D eigenvalue weighted by molar-refractivity contribution is 7.15. The predicted molar refractivity (Wildman–Crippen MR) is 61.2 cm³/mol. The van der Waals surface area contributed by atoms with Gasteiger partial charge in [0.05, 0.1) is 25.3 Å². The summed E-state index contributed by atoms with van der Waals surface area (Å²) in [5.74, 6) is -0.832. The molecule has 2 heterocycles. The first kappa shape index (κ1) is 11.3. The molecule has 1 aliphatic rings. The molecule has 0 radical (unpaired) electrons. The number of carboxylic acid groups (broad SMARTS) is 1. The Balaban J connectivity index is 2.12. The average molecular weight is 242 g/mol. The summed E-state index contributed by atoms with van der Waals surface area (Å²) >= 11 is 1.56. The monoisotopic (exact) mass is 242 g/mol. The van der Waals surface area contributed by atoms with Gasteiger partial charge >= 0.3 is 5.97 Å². The van der Waals surface area contributed by atoms with Crippen LogP contribution in [0.4, 0.5) is 5.13 Å². The minimum Gasteiger partial charge on any atom is -0.481 e. The molecule has 0 unspecified atom stereocenters. The third kappa shape index (κ3) is 2.51. The number of hydrogen-bond acceptors (Lipinski definition) is 5. The van der Waals surface area contributed by atoms with E-state index in [9.17, 15) is 4.79 Å². The number of ether oxygens (including phenoxy) is 1. The van der Waals surface area contributed by atoms with Crippen LogP contribution in [0, 0.1) is 6.92 Å². The molecule has 16 heavy (non-hydrogen) atoms. The van der Waals surface area contributed by atoms with Crippen molar-refractivity contribution >= 4 is 22.4 Å². The van der Waals surface area contributed by atoms with Gasteiger partial charge in [0, 0.05) is 18.0 Å². The summed E-state index contributed by atoms with van der Waals surface area (Å²) in [6.45, 7) is 5.01. The Morgan fingerprint density at radius 3 is 2.88 bits per heavy atom. The second-order valence-corrected chi connectivity index (χ2v) is 4.85. The maximum absolute atomic E-state index is 10.6. The minimum absolute atomic E-state index is 0.00662. The van der Waals surface area contributed by atoms with E-state index < -0.39 is 5.97 Å². The number of carbonyl (C=O) groups is 1. The molecule has 1 N–H and O–H groups in total. The third-order valence-electron chi connectivity index (χ3n) is 2.48.